The van der Waals surface area contributed by atoms with Crippen LogP contribution >= 0.6 is 0 Å². The van der Waals surface area contributed by atoms with Gasteiger partial charge in [0.15, 0.2) is 5.96 Å². The summed E-state index contributed by atoms with van der Waals surface area (Å²) in [7, 11) is 1.77. The number of nitrogens with zero attached hydrogens (tertiary/aromatic N) is 3. The minimum absolute atomic E-state index is 0.580. The Hall–Kier alpha value is -1.96. The van der Waals surface area contributed by atoms with E-state index in [1.165, 1.54) is 12.1 Å². The van der Waals surface area contributed by atoms with Crippen molar-refractivity contribution in [3.05, 3.63) is 29.8 Å². The van der Waals surface area contributed by atoms with E-state index in [9.17, 15) is 13.2 Å². The van der Waals surface area contributed by atoms with Gasteiger partial charge in [-0.1, -0.05) is 13.0 Å². The van der Waals surface area contributed by atoms with E-state index in [4.69, 9.17) is 0 Å². The lowest BCUT2D eigenvalue weighted by atomic mass is 10.1. The number of nitrogens with one attached hydrogen (secondary N) is 2. The average molecular weight is 400 g/mol. The van der Waals surface area contributed by atoms with Crippen molar-refractivity contribution in [2.75, 3.05) is 57.8 Å². The van der Waals surface area contributed by atoms with Crippen molar-refractivity contribution in [2.45, 2.75) is 32.4 Å². The van der Waals surface area contributed by atoms with Crippen LogP contribution in [0.4, 0.5) is 18.9 Å². The molecule has 0 unspecified atom stereocenters. The standard InChI is InChI=1S/C20H32F3N5/c1-3-9-25-19(24-2)26-10-4-5-11-27-12-14-28(15-13-27)18-8-6-7-17(16-18)20(21,22)23/h6-8,16H,3-5,9-15H2,1-2H3,(H2,24,25,26). The van der Waals surface area contributed by atoms with Crippen LogP contribution in [0.2, 0.25) is 0 Å². The van der Waals surface area contributed by atoms with E-state index in [2.05, 4.69) is 27.4 Å². The lowest BCUT2D eigenvalue weighted by Crippen LogP contribution is -2.46. The second-order valence-corrected chi connectivity index (χ2v) is 7.01. The SMILES string of the molecule is CCCNC(=NC)NCCCCN1CCN(c2cccc(C(F)(F)F)c2)CC1. The molecule has 8 heteroatoms. The highest BCUT2D eigenvalue weighted by Gasteiger charge is 2.31. The molecule has 28 heavy (non-hydrogen) atoms. The summed E-state index contributed by atoms with van der Waals surface area (Å²) in [6, 6.07) is 5.62. The van der Waals surface area contributed by atoms with Gasteiger partial charge in [-0.05, 0) is 44.0 Å². The number of hydrogen-bond donors (Lipinski definition) is 2. The first-order valence-corrected chi connectivity index (χ1v) is 10.0. The first kappa shape index (κ1) is 22.3. The zero-order valence-corrected chi connectivity index (χ0v) is 16.9. The van der Waals surface area contributed by atoms with Gasteiger partial charge in [-0.25, -0.2) is 0 Å². The minimum Gasteiger partial charge on any atom is -0.369 e. The highest BCUT2D eigenvalue weighted by Crippen LogP contribution is 2.31. The maximum absolute atomic E-state index is 12.9. The summed E-state index contributed by atoms with van der Waals surface area (Å²) < 4.78 is 38.7. The molecular weight excluding hydrogens is 367 g/mol. The molecule has 0 aliphatic carbocycles. The summed E-state index contributed by atoms with van der Waals surface area (Å²) in [4.78, 5) is 8.60. The molecule has 158 valence electrons. The highest BCUT2D eigenvalue weighted by molar-refractivity contribution is 5.79. The van der Waals surface area contributed by atoms with Crippen molar-refractivity contribution in [2.24, 2.45) is 4.99 Å². The first-order valence-electron chi connectivity index (χ1n) is 10.0. The second kappa shape index (κ2) is 11.1. The minimum atomic E-state index is -4.29. The number of guanidine groups is 1. The van der Waals surface area contributed by atoms with E-state index in [0.717, 1.165) is 77.1 Å². The van der Waals surface area contributed by atoms with E-state index in [0.29, 0.717) is 5.69 Å². The van der Waals surface area contributed by atoms with Crippen molar-refractivity contribution in [1.82, 2.24) is 15.5 Å². The number of benzene rings is 1. The maximum atomic E-state index is 12.9. The summed E-state index contributed by atoms with van der Waals surface area (Å²) in [5.41, 5.74) is 0.0768. The quantitative estimate of drug-likeness (QED) is 0.400. The van der Waals surface area contributed by atoms with Crippen molar-refractivity contribution in [3.8, 4) is 0 Å². The molecule has 1 heterocycles. The van der Waals surface area contributed by atoms with Crippen LogP contribution in [0, 0.1) is 0 Å². The van der Waals surface area contributed by atoms with E-state index in [1.807, 2.05) is 4.90 Å². The Morgan fingerprint density at radius 2 is 1.79 bits per heavy atom. The van der Waals surface area contributed by atoms with Crippen LogP contribution in [0.3, 0.4) is 0 Å². The van der Waals surface area contributed by atoms with Crippen molar-refractivity contribution in [3.63, 3.8) is 0 Å². The summed E-state index contributed by atoms with van der Waals surface area (Å²) in [6.45, 7) is 8.20. The maximum Gasteiger partial charge on any atom is 0.416 e. The van der Waals surface area contributed by atoms with Crippen LogP contribution in [0.1, 0.15) is 31.7 Å². The van der Waals surface area contributed by atoms with E-state index in [1.54, 1.807) is 13.1 Å². The molecule has 0 radical (unpaired) electrons. The predicted molar refractivity (Wildman–Crippen MR) is 109 cm³/mol. The smallest absolute Gasteiger partial charge is 0.369 e. The second-order valence-electron chi connectivity index (χ2n) is 7.01. The van der Waals surface area contributed by atoms with Gasteiger partial charge in [0, 0.05) is 52.0 Å². The van der Waals surface area contributed by atoms with Gasteiger partial charge in [0.25, 0.3) is 0 Å². The number of rotatable bonds is 8. The lowest BCUT2D eigenvalue weighted by Gasteiger charge is -2.36. The molecule has 0 spiro atoms. The van der Waals surface area contributed by atoms with E-state index < -0.39 is 11.7 Å². The highest BCUT2D eigenvalue weighted by atomic mass is 19.4. The van der Waals surface area contributed by atoms with Crippen molar-refractivity contribution >= 4 is 11.6 Å². The molecule has 0 atom stereocenters. The molecule has 1 aromatic carbocycles. The zero-order valence-electron chi connectivity index (χ0n) is 16.9. The van der Waals surface area contributed by atoms with Crippen molar-refractivity contribution in [1.29, 1.82) is 0 Å². The number of hydrogen-bond acceptors (Lipinski definition) is 3. The number of alkyl halides is 3. The van der Waals surface area contributed by atoms with Gasteiger partial charge >= 0.3 is 6.18 Å². The molecule has 1 fully saturated rings. The van der Waals surface area contributed by atoms with Gasteiger partial charge < -0.3 is 15.5 Å². The van der Waals surface area contributed by atoms with Gasteiger partial charge in [0.05, 0.1) is 5.56 Å². The molecule has 2 N–H and O–H groups in total. The summed E-state index contributed by atoms with van der Waals surface area (Å²) in [5, 5.41) is 6.55. The fourth-order valence-corrected chi connectivity index (χ4v) is 3.24. The Morgan fingerprint density at radius 3 is 2.43 bits per heavy atom. The van der Waals surface area contributed by atoms with Crippen LogP contribution < -0.4 is 15.5 Å². The van der Waals surface area contributed by atoms with Gasteiger partial charge in [-0.2, -0.15) is 13.2 Å². The molecule has 1 saturated heterocycles. The van der Waals surface area contributed by atoms with Crippen LogP contribution in [-0.4, -0.2) is 63.7 Å². The molecule has 1 aliphatic rings. The van der Waals surface area contributed by atoms with Crippen LogP contribution in [0.25, 0.3) is 0 Å². The molecule has 1 aromatic rings. The fraction of sp³-hybridized carbons (Fsp3) is 0.650. The van der Waals surface area contributed by atoms with Gasteiger partial charge in [-0.3, -0.25) is 9.89 Å². The van der Waals surface area contributed by atoms with E-state index in [-0.39, 0.29) is 0 Å². The lowest BCUT2D eigenvalue weighted by molar-refractivity contribution is -0.137. The number of piperazine rings is 1. The number of aliphatic imine (C=N–C) groups is 1. The topological polar surface area (TPSA) is 42.9 Å². The number of unbranched alkanes of at least 4 members (excludes halogenated alkanes) is 1. The zero-order chi connectivity index (χ0) is 20.4. The van der Waals surface area contributed by atoms with Crippen LogP contribution in [0.5, 0.6) is 0 Å². The van der Waals surface area contributed by atoms with Gasteiger partial charge in [-0.15, -0.1) is 0 Å². The Morgan fingerprint density at radius 1 is 1.07 bits per heavy atom. The average Bonchev–Trinajstić information content (AvgIpc) is 2.70. The molecule has 1 aliphatic heterocycles. The Kier molecular flexibility index (Phi) is 8.89. The first-order chi connectivity index (χ1) is 13.4. The van der Waals surface area contributed by atoms with Gasteiger partial charge in [0.1, 0.15) is 0 Å². The number of halogens is 3. The molecule has 0 saturated carbocycles. The molecule has 5 nitrogen and oxygen atoms in total. The van der Waals surface area contributed by atoms with Crippen molar-refractivity contribution < 1.29 is 13.2 Å². The largest absolute Gasteiger partial charge is 0.416 e. The molecule has 0 bridgehead atoms. The fourth-order valence-electron chi connectivity index (χ4n) is 3.24. The molecular formula is C20H32F3N5. The summed E-state index contributed by atoms with van der Waals surface area (Å²) in [5.74, 6) is 0.844. The Labute approximate surface area is 166 Å². The van der Waals surface area contributed by atoms with Crippen LogP contribution in [0.15, 0.2) is 29.3 Å². The summed E-state index contributed by atoms with van der Waals surface area (Å²) >= 11 is 0. The van der Waals surface area contributed by atoms with Gasteiger partial charge in [0.2, 0.25) is 0 Å². The molecule has 0 aromatic heterocycles. The summed E-state index contributed by atoms with van der Waals surface area (Å²) in [6.07, 6.45) is -1.09. The predicted octanol–water partition coefficient (Wildman–Crippen LogP) is 3.18. The number of anilines is 1. The van der Waals surface area contributed by atoms with E-state index >= 15 is 0 Å². The molecule has 2 rings (SSSR count). The monoisotopic (exact) mass is 399 g/mol. The van der Waals surface area contributed by atoms with Crippen LogP contribution in [-0.2, 0) is 6.18 Å². The Balaban J connectivity index is 1.66. The molecule has 0 amide bonds. The normalized spacial score (nSPS) is 16.3. The third kappa shape index (κ3) is 7.22. The Bertz CT molecular complexity index is 610. The third-order valence-electron chi connectivity index (χ3n) is 4.87. The third-order valence-corrected chi connectivity index (χ3v) is 4.87.